The molecule has 3 nitrogen and oxygen atoms in total. The molecular weight excluding hydrogens is 248 g/mol. The van der Waals surface area contributed by atoms with E-state index in [2.05, 4.69) is 10.8 Å². The Kier molecular flexibility index (Phi) is 2.15. The number of allylic oxidation sites excluding steroid dienone is 1. The number of hydrogen-bond acceptors (Lipinski definition) is 2. The topological polar surface area (TPSA) is 21.1 Å². The van der Waals surface area contributed by atoms with Crippen LogP contribution in [0.25, 0.3) is 5.57 Å². The van der Waals surface area contributed by atoms with Crippen LogP contribution in [0.4, 0.5) is 14.6 Å². The quantitative estimate of drug-likeness (QED) is 0.728. The van der Waals surface area contributed by atoms with Crippen LogP contribution in [-0.4, -0.2) is 23.9 Å². The zero-order chi connectivity index (χ0) is 14.2. The SMILES string of the molecule is CN(C)c1nn(C(C)(C)C)c2c1C1=C=C[C@H]1C2(F)F. The molecule has 0 amide bonds. The van der Waals surface area contributed by atoms with E-state index in [4.69, 9.17) is 0 Å². The van der Waals surface area contributed by atoms with Gasteiger partial charge >= 0.3 is 5.92 Å². The van der Waals surface area contributed by atoms with Crippen LogP contribution in [0.3, 0.4) is 0 Å². The lowest BCUT2D eigenvalue weighted by Gasteiger charge is -2.27. The molecule has 2 aliphatic rings. The van der Waals surface area contributed by atoms with Crippen LogP contribution in [0.2, 0.25) is 0 Å². The smallest absolute Gasteiger partial charge is 0.301 e. The van der Waals surface area contributed by atoms with Crippen LogP contribution < -0.4 is 4.90 Å². The Hall–Kier alpha value is -1.61. The molecule has 0 spiro atoms. The van der Waals surface area contributed by atoms with E-state index >= 15 is 0 Å². The van der Waals surface area contributed by atoms with Crippen molar-refractivity contribution in [3.05, 3.63) is 23.1 Å². The second-order valence-corrected chi connectivity index (χ2v) is 6.35. The van der Waals surface area contributed by atoms with Crippen molar-refractivity contribution in [1.82, 2.24) is 9.78 Å². The standard InChI is InChI=1S/C14H17F2N3/c1-13(2,3)19-11-10(12(17-19)18(4)5)8-6-7-9(8)14(11,15)16/h7,9H,1-5H3/t9-/m1/s1. The van der Waals surface area contributed by atoms with Gasteiger partial charge in [-0.25, -0.2) is 0 Å². The summed E-state index contributed by atoms with van der Waals surface area (Å²) in [6.45, 7) is 5.66. The minimum atomic E-state index is -2.88. The van der Waals surface area contributed by atoms with Gasteiger partial charge in [-0.05, 0) is 26.8 Å². The van der Waals surface area contributed by atoms with Gasteiger partial charge in [0.05, 0.1) is 17.0 Å². The first-order valence-corrected chi connectivity index (χ1v) is 6.32. The Balaban J connectivity index is 2.35. The summed E-state index contributed by atoms with van der Waals surface area (Å²) in [5.74, 6) is -3.11. The van der Waals surface area contributed by atoms with Gasteiger partial charge in [0.25, 0.3) is 0 Å². The van der Waals surface area contributed by atoms with Crippen LogP contribution in [0, 0.1) is 5.92 Å². The molecule has 0 N–H and O–H groups in total. The number of alkyl halides is 2. The van der Waals surface area contributed by atoms with Crippen molar-refractivity contribution in [2.75, 3.05) is 19.0 Å². The maximum absolute atomic E-state index is 14.5. The first-order valence-electron chi connectivity index (χ1n) is 6.32. The van der Waals surface area contributed by atoms with Crippen molar-refractivity contribution in [2.24, 2.45) is 5.92 Å². The zero-order valence-electron chi connectivity index (χ0n) is 11.8. The molecular formula is C14H17F2N3. The number of aromatic nitrogens is 2. The Labute approximate surface area is 111 Å². The number of hydrogen-bond donors (Lipinski definition) is 0. The fraction of sp³-hybridized carbons (Fsp3) is 0.571. The molecule has 1 aromatic heterocycles. The predicted molar refractivity (Wildman–Crippen MR) is 70.4 cm³/mol. The minimum Gasteiger partial charge on any atom is -0.361 e. The van der Waals surface area contributed by atoms with Gasteiger partial charge in [0.2, 0.25) is 0 Å². The van der Waals surface area contributed by atoms with E-state index in [0.29, 0.717) is 17.0 Å². The van der Waals surface area contributed by atoms with Gasteiger partial charge in [0, 0.05) is 19.7 Å². The highest BCUT2D eigenvalue weighted by Crippen LogP contribution is 2.58. The minimum absolute atomic E-state index is 0.0324. The molecule has 3 rings (SSSR count). The van der Waals surface area contributed by atoms with Crippen molar-refractivity contribution in [3.8, 4) is 0 Å². The normalized spacial score (nSPS) is 22.7. The highest BCUT2D eigenvalue weighted by Gasteiger charge is 2.58. The monoisotopic (exact) mass is 265 g/mol. The molecule has 1 aromatic rings. The highest BCUT2D eigenvalue weighted by molar-refractivity contribution is 5.86. The van der Waals surface area contributed by atoms with Crippen LogP contribution in [0.15, 0.2) is 11.8 Å². The van der Waals surface area contributed by atoms with Crippen molar-refractivity contribution < 1.29 is 8.78 Å². The summed E-state index contributed by atoms with van der Waals surface area (Å²) in [6, 6.07) is 0. The number of fused-ring (bicyclic) bond motifs is 3. The van der Waals surface area contributed by atoms with E-state index in [0.717, 1.165) is 0 Å². The lowest BCUT2D eigenvalue weighted by Crippen LogP contribution is -2.32. The van der Waals surface area contributed by atoms with E-state index in [1.54, 1.807) is 4.90 Å². The number of nitrogens with zero attached hydrogens (tertiary/aromatic N) is 3. The molecule has 19 heavy (non-hydrogen) atoms. The molecule has 0 aromatic carbocycles. The molecule has 0 fully saturated rings. The van der Waals surface area contributed by atoms with Gasteiger partial charge in [0.15, 0.2) is 5.82 Å². The second kappa shape index (κ2) is 3.28. The van der Waals surface area contributed by atoms with Crippen molar-refractivity contribution in [1.29, 1.82) is 0 Å². The van der Waals surface area contributed by atoms with E-state index in [-0.39, 0.29) is 5.69 Å². The Morgan fingerprint density at radius 2 is 2.00 bits per heavy atom. The third-order valence-corrected chi connectivity index (χ3v) is 3.62. The molecule has 102 valence electrons. The zero-order valence-corrected chi connectivity index (χ0v) is 11.8. The molecule has 0 saturated heterocycles. The molecule has 2 aliphatic carbocycles. The maximum Gasteiger partial charge on any atom is 0.301 e. The molecule has 5 heteroatoms. The third kappa shape index (κ3) is 1.39. The fourth-order valence-corrected chi connectivity index (χ4v) is 2.67. The molecule has 1 atom stereocenters. The Morgan fingerprint density at radius 3 is 2.42 bits per heavy atom. The van der Waals surface area contributed by atoms with Crippen LogP contribution in [0.5, 0.6) is 0 Å². The average Bonchev–Trinajstić information content (AvgIpc) is 2.59. The highest BCUT2D eigenvalue weighted by atomic mass is 19.3. The summed E-state index contributed by atoms with van der Waals surface area (Å²) in [5.41, 5.74) is 3.63. The summed E-state index contributed by atoms with van der Waals surface area (Å²) < 4.78 is 30.5. The van der Waals surface area contributed by atoms with Crippen LogP contribution >= 0.6 is 0 Å². The third-order valence-electron chi connectivity index (χ3n) is 3.62. The lowest BCUT2D eigenvalue weighted by atomic mass is 9.91. The Bertz CT molecular complexity index is 626. The lowest BCUT2D eigenvalue weighted by molar-refractivity contribution is -0.0337. The van der Waals surface area contributed by atoms with E-state index in [9.17, 15) is 8.78 Å². The van der Waals surface area contributed by atoms with Crippen molar-refractivity contribution >= 4 is 11.4 Å². The summed E-state index contributed by atoms with van der Waals surface area (Å²) in [4.78, 5) is 1.78. The molecule has 0 unspecified atom stereocenters. The first kappa shape index (κ1) is 12.4. The van der Waals surface area contributed by atoms with Crippen LogP contribution in [-0.2, 0) is 11.5 Å². The van der Waals surface area contributed by atoms with Crippen LogP contribution in [0.1, 0.15) is 32.0 Å². The number of halogens is 2. The fourth-order valence-electron chi connectivity index (χ4n) is 2.67. The van der Waals surface area contributed by atoms with Gasteiger partial charge in [-0.2, -0.15) is 13.9 Å². The molecule has 1 heterocycles. The van der Waals surface area contributed by atoms with E-state index < -0.39 is 17.4 Å². The number of anilines is 1. The van der Waals surface area contributed by atoms with E-state index in [1.165, 1.54) is 10.8 Å². The molecule has 0 radical (unpaired) electrons. The van der Waals surface area contributed by atoms with Crippen molar-refractivity contribution in [2.45, 2.75) is 32.2 Å². The summed E-state index contributed by atoms with van der Waals surface area (Å²) in [7, 11) is 3.65. The van der Waals surface area contributed by atoms with Crippen molar-refractivity contribution in [3.63, 3.8) is 0 Å². The first-order chi connectivity index (χ1) is 8.65. The summed E-state index contributed by atoms with van der Waals surface area (Å²) in [5, 5.41) is 4.40. The average molecular weight is 265 g/mol. The van der Waals surface area contributed by atoms with E-state index in [1.807, 2.05) is 34.9 Å². The van der Waals surface area contributed by atoms with Gasteiger partial charge in [-0.15, -0.1) is 5.73 Å². The summed E-state index contributed by atoms with van der Waals surface area (Å²) >= 11 is 0. The second-order valence-electron chi connectivity index (χ2n) is 6.35. The van der Waals surface area contributed by atoms with Gasteiger partial charge in [0.1, 0.15) is 5.69 Å². The van der Waals surface area contributed by atoms with Gasteiger partial charge in [-0.1, -0.05) is 0 Å². The molecule has 0 aliphatic heterocycles. The number of rotatable bonds is 1. The van der Waals surface area contributed by atoms with Gasteiger partial charge in [-0.3, -0.25) is 4.68 Å². The molecule has 0 bridgehead atoms. The Morgan fingerprint density at radius 1 is 1.37 bits per heavy atom. The largest absolute Gasteiger partial charge is 0.361 e. The van der Waals surface area contributed by atoms with Gasteiger partial charge < -0.3 is 4.90 Å². The molecule has 0 saturated carbocycles. The summed E-state index contributed by atoms with van der Waals surface area (Å²) in [6.07, 6.45) is 1.46. The maximum atomic E-state index is 14.5. The predicted octanol–water partition coefficient (Wildman–Crippen LogP) is 2.98.